The number of benzene rings is 1. The Hall–Kier alpha value is -1.51. The predicted molar refractivity (Wildman–Crippen MR) is 89.7 cm³/mol. The van der Waals surface area contributed by atoms with E-state index in [0.29, 0.717) is 11.5 Å². The van der Waals surface area contributed by atoms with Gasteiger partial charge in [0.15, 0.2) is 0 Å². The van der Waals surface area contributed by atoms with Gasteiger partial charge in [0.2, 0.25) is 0 Å². The lowest BCUT2D eigenvalue weighted by Gasteiger charge is -2.41. The maximum Gasteiger partial charge on any atom is 0.104 e. The summed E-state index contributed by atoms with van der Waals surface area (Å²) in [4.78, 5) is 7.80. The Morgan fingerprint density at radius 1 is 1.19 bits per heavy atom. The van der Waals surface area contributed by atoms with Gasteiger partial charge >= 0.3 is 0 Å². The van der Waals surface area contributed by atoms with Crippen LogP contribution in [-0.4, -0.2) is 16.0 Å². The van der Waals surface area contributed by atoms with Gasteiger partial charge in [0.1, 0.15) is 5.82 Å². The first-order valence-electron chi connectivity index (χ1n) is 8.16. The van der Waals surface area contributed by atoms with Crippen molar-refractivity contribution in [1.29, 1.82) is 0 Å². The molecule has 21 heavy (non-hydrogen) atoms. The lowest BCUT2D eigenvalue weighted by molar-refractivity contribution is 0.163. The molecule has 3 heteroatoms. The topological polar surface area (TPSA) is 40.7 Å². The molecule has 2 atom stereocenters. The number of nitrogens with one attached hydrogen (secondary N) is 2. The zero-order valence-corrected chi connectivity index (χ0v) is 13.7. The lowest BCUT2D eigenvalue weighted by Crippen LogP contribution is -2.39. The minimum absolute atomic E-state index is 0.368. The van der Waals surface area contributed by atoms with Crippen molar-refractivity contribution in [3.63, 3.8) is 0 Å². The molecule has 2 aromatic rings. The van der Waals surface area contributed by atoms with Gasteiger partial charge in [-0.2, -0.15) is 0 Å². The van der Waals surface area contributed by atoms with Gasteiger partial charge in [0, 0.05) is 11.7 Å². The van der Waals surface area contributed by atoms with E-state index >= 15 is 0 Å². The highest BCUT2D eigenvalue weighted by atomic mass is 14.9. The number of hydrogen-bond donors (Lipinski definition) is 2. The Labute approximate surface area is 127 Å². The van der Waals surface area contributed by atoms with Crippen LogP contribution in [0.3, 0.4) is 0 Å². The van der Waals surface area contributed by atoms with Gasteiger partial charge in [0.25, 0.3) is 0 Å². The molecule has 1 aliphatic rings. The van der Waals surface area contributed by atoms with E-state index in [0.717, 1.165) is 22.8 Å². The van der Waals surface area contributed by atoms with E-state index in [-0.39, 0.29) is 0 Å². The first-order chi connectivity index (χ1) is 9.93. The zero-order valence-electron chi connectivity index (χ0n) is 13.7. The molecule has 0 radical (unpaired) electrons. The van der Waals surface area contributed by atoms with Crippen LogP contribution in [0.5, 0.6) is 0 Å². The Morgan fingerprint density at radius 2 is 1.95 bits per heavy atom. The van der Waals surface area contributed by atoms with E-state index in [4.69, 9.17) is 0 Å². The standard InChI is InChI=1S/C18H27N3/c1-12-19-16-10-9-13(11-17(16)20-12)21-15-8-6-5-7-14(15)18(2,3)4/h9-11,14-15,21H,5-8H2,1-4H3,(H,19,20). The number of aryl methyl sites for hydroxylation is 1. The largest absolute Gasteiger partial charge is 0.382 e. The summed E-state index contributed by atoms with van der Waals surface area (Å²) in [5.74, 6) is 1.72. The molecule has 1 aromatic carbocycles. The van der Waals surface area contributed by atoms with Crippen LogP contribution in [0.15, 0.2) is 18.2 Å². The number of anilines is 1. The van der Waals surface area contributed by atoms with Crippen LogP contribution in [0.25, 0.3) is 11.0 Å². The molecular weight excluding hydrogens is 258 g/mol. The number of rotatable bonds is 2. The summed E-state index contributed by atoms with van der Waals surface area (Å²) in [5.41, 5.74) is 3.76. The number of aromatic nitrogens is 2. The van der Waals surface area contributed by atoms with Gasteiger partial charge in [-0.25, -0.2) is 4.98 Å². The summed E-state index contributed by atoms with van der Waals surface area (Å²) in [7, 11) is 0. The van der Waals surface area contributed by atoms with Crippen LogP contribution in [0.4, 0.5) is 5.69 Å². The van der Waals surface area contributed by atoms with Crippen molar-refractivity contribution in [2.24, 2.45) is 11.3 Å². The first-order valence-corrected chi connectivity index (χ1v) is 8.16. The number of hydrogen-bond acceptors (Lipinski definition) is 2. The highest BCUT2D eigenvalue weighted by Gasteiger charge is 2.34. The average molecular weight is 285 g/mol. The molecule has 2 unspecified atom stereocenters. The highest BCUT2D eigenvalue weighted by molar-refractivity contribution is 5.79. The Kier molecular flexibility index (Phi) is 3.68. The van der Waals surface area contributed by atoms with E-state index in [1.807, 2.05) is 6.92 Å². The van der Waals surface area contributed by atoms with Crippen LogP contribution >= 0.6 is 0 Å². The van der Waals surface area contributed by atoms with Crippen LogP contribution < -0.4 is 5.32 Å². The minimum Gasteiger partial charge on any atom is -0.382 e. The molecule has 0 aliphatic heterocycles. The Balaban J connectivity index is 1.82. The van der Waals surface area contributed by atoms with E-state index in [1.54, 1.807) is 0 Å². The van der Waals surface area contributed by atoms with Crippen molar-refractivity contribution < 1.29 is 0 Å². The number of nitrogens with zero attached hydrogens (tertiary/aromatic N) is 1. The second-order valence-electron chi connectivity index (χ2n) is 7.56. The van der Waals surface area contributed by atoms with E-state index < -0.39 is 0 Å². The average Bonchev–Trinajstić information content (AvgIpc) is 2.77. The summed E-state index contributed by atoms with van der Waals surface area (Å²) < 4.78 is 0. The normalized spacial score (nSPS) is 23.4. The van der Waals surface area contributed by atoms with E-state index in [1.165, 1.54) is 31.4 Å². The number of fused-ring (bicyclic) bond motifs is 1. The lowest BCUT2D eigenvalue weighted by atomic mass is 9.69. The fourth-order valence-corrected chi connectivity index (χ4v) is 3.78. The van der Waals surface area contributed by atoms with Crippen molar-refractivity contribution in [2.75, 3.05) is 5.32 Å². The molecule has 0 amide bonds. The molecular formula is C18H27N3. The van der Waals surface area contributed by atoms with Crippen molar-refractivity contribution in [1.82, 2.24) is 9.97 Å². The zero-order chi connectivity index (χ0) is 15.0. The summed E-state index contributed by atoms with van der Waals surface area (Å²) in [6.45, 7) is 9.13. The van der Waals surface area contributed by atoms with E-state index in [2.05, 4.69) is 54.3 Å². The third-order valence-electron chi connectivity index (χ3n) is 4.83. The third kappa shape index (κ3) is 3.07. The molecule has 1 aromatic heterocycles. The molecule has 0 saturated heterocycles. The van der Waals surface area contributed by atoms with Crippen LogP contribution in [-0.2, 0) is 0 Å². The predicted octanol–water partition coefficient (Wildman–Crippen LogP) is 4.89. The van der Waals surface area contributed by atoms with Gasteiger partial charge in [-0.05, 0) is 49.3 Å². The Bertz CT molecular complexity index is 621. The third-order valence-corrected chi connectivity index (χ3v) is 4.83. The van der Waals surface area contributed by atoms with Crippen molar-refractivity contribution in [3.05, 3.63) is 24.0 Å². The smallest absolute Gasteiger partial charge is 0.104 e. The second kappa shape index (κ2) is 5.36. The molecule has 1 heterocycles. The highest BCUT2D eigenvalue weighted by Crippen LogP contribution is 2.39. The number of aromatic amines is 1. The van der Waals surface area contributed by atoms with Crippen molar-refractivity contribution >= 4 is 16.7 Å². The molecule has 114 valence electrons. The SMILES string of the molecule is Cc1nc2ccc(NC3CCCCC3C(C)(C)C)cc2[nH]1. The molecule has 1 fully saturated rings. The fraction of sp³-hybridized carbons (Fsp3) is 0.611. The fourth-order valence-electron chi connectivity index (χ4n) is 3.78. The summed E-state index contributed by atoms with van der Waals surface area (Å²) in [6, 6.07) is 7.05. The van der Waals surface area contributed by atoms with E-state index in [9.17, 15) is 0 Å². The molecule has 1 saturated carbocycles. The Morgan fingerprint density at radius 3 is 2.71 bits per heavy atom. The molecule has 1 aliphatic carbocycles. The number of imidazole rings is 1. The van der Waals surface area contributed by atoms with Gasteiger partial charge in [-0.15, -0.1) is 0 Å². The van der Waals surface area contributed by atoms with Crippen molar-refractivity contribution in [3.8, 4) is 0 Å². The summed E-state index contributed by atoms with van der Waals surface area (Å²) in [5, 5.41) is 3.79. The molecule has 0 spiro atoms. The molecule has 0 bridgehead atoms. The van der Waals surface area contributed by atoms with Crippen LogP contribution in [0.2, 0.25) is 0 Å². The quantitative estimate of drug-likeness (QED) is 0.825. The summed E-state index contributed by atoms with van der Waals surface area (Å²) in [6.07, 6.45) is 5.34. The molecule has 3 nitrogen and oxygen atoms in total. The van der Waals surface area contributed by atoms with Crippen molar-refractivity contribution in [2.45, 2.75) is 59.4 Å². The number of H-pyrrole nitrogens is 1. The second-order valence-corrected chi connectivity index (χ2v) is 7.56. The van der Waals surface area contributed by atoms with Gasteiger partial charge in [-0.3, -0.25) is 0 Å². The first kappa shape index (κ1) is 14.4. The molecule has 3 rings (SSSR count). The maximum absolute atomic E-state index is 4.47. The van der Waals surface area contributed by atoms with Crippen LogP contribution in [0, 0.1) is 18.3 Å². The monoisotopic (exact) mass is 285 g/mol. The maximum atomic E-state index is 4.47. The van der Waals surface area contributed by atoms with Crippen LogP contribution in [0.1, 0.15) is 52.3 Å². The van der Waals surface area contributed by atoms with Gasteiger partial charge in [-0.1, -0.05) is 33.6 Å². The van der Waals surface area contributed by atoms with Gasteiger partial charge < -0.3 is 10.3 Å². The summed E-state index contributed by atoms with van der Waals surface area (Å²) >= 11 is 0. The minimum atomic E-state index is 0.368. The molecule has 2 N–H and O–H groups in total. The van der Waals surface area contributed by atoms with Gasteiger partial charge in [0.05, 0.1) is 11.0 Å².